The Bertz CT molecular complexity index is 1370. The third kappa shape index (κ3) is 4.95. The molecule has 1 aliphatic carbocycles. The van der Waals surface area contributed by atoms with E-state index in [2.05, 4.69) is 5.10 Å². The normalized spacial score (nSPS) is 15.6. The Morgan fingerprint density at radius 3 is 2.44 bits per heavy atom. The molecule has 39 heavy (non-hydrogen) atoms. The first-order valence-corrected chi connectivity index (χ1v) is 14.1. The summed E-state index contributed by atoms with van der Waals surface area (Å²) in [6, 6.07) is 3.43. The molecule has 1 fully saturated rings. The fourth-order valence-electron chi connectivity index (χ4n) is 5.69. The van der Waals surface area contributed by atoms with E-state index in [1.165, 1.54) is 31.1 Å². The van der Waals surface area contributed by atoms with Crippen molar-refractivity contribution in [3.05, 3.63) is 45.0 Å². The zero-order valence-corrected chi connectivity index (χ0v) is 24.0. The summed E-state index contributed by atoms with van der Waals surface area (Å²) >= 11 is 1.52. The minimum atomic E-state index is -0.123. The molecule has 3 heterocycles. The van der Waals surface area contributed by atoms with Crippen molar-refractivity contribution >= 4 is 29.0 Å². The van der Waals surface area contributed by atoms with E-state index in [1.807, 2.05) is 22.0 Å². The second kappa shape index (κ2) is 11.3. The summed E-state index contributed by atoms with van der Waals surface area (Å²) in [5.41, 5.74) is 3.18. The van der Waals surface area contributed by atoms with E-state index in [9.17, 15) is 9.59 Å². The zero-order chi connectivity index (χ0) is 27.7. The van der Waals surface area contributed by atoms with Gasteiger partial charge in [-0.1, -0.05) is 0 Å². The number of rotatable bonds is 7. The number of piperidine rings is 1. The predicted molar refractivity (Wildman–Crippen MR) is 149 cm³/mol. The minimum absolute atomic E-state index is 0.109. The number of benzene rings is 1. The van der Waals surface area contributed by atoms with Gasteiger partial charge in [0.2, 0.25) is 5.75 Å². The van der Waals surface area contributed by atoms with Gasteiger partial charge in [-0.3, -0.25) is 19.2 Å². The van der Waals surface area contributed by atoms with Crippen LogP contribution >= 0.6 is 11.3 Å². The van der Waals surface area contributed by atoms with Crippen molar-refractivity contribution < 1.29 is 23.8 Å². The van der Waals surface area contributed by atoms with Gasteiger partial charge >= 0.3 is 0 Å². The van der Waals surface area contributed by atoms with Crippen molar-refractivity contribution in [3.8, 4) is 17.2 Å². The van der Waals surface area contributed by atoms with Crippen LogP contribution in [0.2, 0.25) is 0 Å². The highest BCUT2D eigenvalue weighted by Crippen LogP contribution is 2.41. The highest BCUT2D eigenvalue weighted by Gasteiger charge is 2.31. The van der Waals surface area contributed by atoms with E-state index in [1.54, 1.807) is 31.2 Å². The Morgan fingerprint density at radius 2 is 1.74 bits per heavy atom. The molecule has 2 aliphatic rings. The van der Waals surface area contributed by atoms with Crippen LogP contribution in [0.15, 0.2) is 17.5 Å². The van der Waals surface area contributed by atoms with E-state index in [4.69, 9.17) is 19.2 Å². The van der Waals surface area contributed by atoms with Crippen molar-refractivity contribution in [1.29, 1.82) is 0 Å². The van der Waals surface area contributed by atoms with Crippen molar-refractivity contribution in [2.45, 2.75) is 44.4 Å². The van der Waals surface area contributed by atoms with Crippen molar-refractivity contribution in [1.82, 2.24) is 19.7 Å². The Morgan fingerprint density at radius 1 is 1.03 bits per heavy atom. The number of carbonyl (C=O) groups excluding carboxylic acids is 2. The van der Waals surface area contributed by atoms with Crippen LogP contribution in [0.5, 0.6) is 17.2 Å². The van der Waals surface area contributed by atoms with Gasteiger partial charge in [-0.05, 0) is 50.7 Å². The number of methoxy groups -OCH3 is 3. The number of thiazole rings is 1. The topological polar surface area (TPSA) is 99.0 Å². The maximum absolute atomic E-state index is 13.4. The van der Waals surface area contributed by atoms with E-state index in [-0.39, 0.29) is 17.7 Å². The molecule has 2 aromatic heterocycles. The van der Waals surface area contributed by atoms with Crippen molar-refractivity contribution in [2.24, 2.45) is 7.05 Å². The molecule has 1 saturated heterocycles. The van der Waals surface area contributed by atoms with Gasteiger partial charge in [-0.25, -0.2) is 4.98 Å². The Labute approximate surface area is 232 Å². The lowest BCUT2D eigenvalue weighted by Crippen LogP contribution is -2.38. The summed E-state index contributed by atoms with van der Waals surface area (Å²) in [6.07, 6.45) is 5.72. The molecule has 0 N–H and O–H groups in total. The van der Waals surface area contributed by atoms with Gasteiger partial charge in [0.25, 0.3) is 11.8 Å². The lowest BCUT2D eigenvalue weighted by Gasteiger charge is -2.31. The molecule has 0 unspecified atom stereocenters. The summed E-state index contributed by atoms with van der Waals surface area (Å²) in [6.45, 7) is 1.18. The number of hydrogen-bond acceptors (Lipinski definition) is 8. The van der Waals surface area contributed by atoms with Crippen LogP contribution in [0.4, 0.5) is 5.82 Å². The number of aromatic nitrogens is 3. The molecule has 0 spiro atoms. The molecule has 0 saturated carbocycles. The van der Waals surface area contributed by atoms with E-state index in [0.29, 0.717) is 41.6 Å². The van der Waals surface area contributed by atoms with Gasteiger partial charge in [0.05, 0.1) is 37.6 Å². The molecule has 1 aliphatic heterocycles. The molecule has 3 aromatic rings. The summed E-state index contributed by atoms with van der Waals surface area (Å²) in [5.74, 6) is 2.10. The average Bonchev–Trinajstić information content (AvgIpc) is 3.59. The third-order valence-electron chi connectivity index (χ3n) is 7.72. The molecule has 0 bridgehead atoms. The van der Waals surface area contributed by atoms with Gasteiger partial charge in [0.15, 0.2) is 11.5 Å². The smallest absolute Gasteiger partial charge is 0.278 e. The molecule has 10 nitrogen and oxygen atoms in total. The molecule has 0 radical (unpaired) electrons. The van der Waals surface area contributed by atoms with Gasteiger partial charge in [-0.2, -0.15) is 5.10 Å². The number of aryl methyl sites for hydroxylation is 2. The summed E-state index contributed by atoms with van der Waals surface area (Å²) < 4.78 is 18.1. The highest BCUT2D eigenvalue weighted by molar-refractivity contribution is 7.10. The van der Waals surface area contributed by atoms with Gasteiger partial charge in [0, 0.05) is 44.0 Å². The van der Waals surface area contributed by atoms with Crippen LogP contribution in [0.1, 0.15) is 68.7 Å². The van der Waals surface area contributed by atoms with Crippen LogP contribution in [-0.2, 0) is 19.9 Å². The Hall–Kier alpha value is -3.60. The summed E-state index contributed by atoms with van der Waals surface area (Å²) in [4.78, 5) is 35.0. The number of amides is 2. The third-order valence-corrected chi connectivity index (χ3v) is 8.72. The number of ether oxygens (including phenoxy) is 3. The first-order chi connectivity index (χ1) is 18.9. The maximum Gasteiger partial charge on any atom is 0.278 e. The number of fused-ring (bicyclic) bond motifs is 1. The van der Waals surface area contributed by atoms with Crippen LogP contribution < -0.4 is 19.1 Å². The monoisotopic (exact) mass is 553 g/mol. The SMILES string of the molecule is COc1ccc(C(=O)N2CCC(c3nc(C(=O)N(C)c4c5c(nn4C)CCCC5)cs3)CC2)c(OC)c1OC. The molecule has 2 amide bonds. The molecular weight excluding hydrogens is 518 g/mol. The second-order valence-electron chi connectivity index (χ2n) is 9.96. The van der Waals surface area contributed by atoms with Crippen LogP contribution in [-0.4, -0.2) is 72.9 Å². The number of nitrogens with zero attached hydrogens (tertiary/aromatic N) is 5. The molecular formula is C28H35N5O5S. The fourth-order valence-corrected chi connectivity index (χ4v) is 6.66. The number of carbonyl (C=O) groups is 2. The molecule has 1 aromatic carbocycles. The first kappa shape index (κ1) is 27.0. The van der Waals surface area contributed by atoms with Crippen molar-refractivity contribution in [3.63, 3.8) is 0 Å². The molecule has 0 atom stereocenters. The Balaban J connectivity index is 1.26. The van der Waals surface area contributed by atoms with Gasteiger partial charge in [0.1, 0.15) is 11.5 Å². The standard InChI is InChI=1S/C28H35N5O5S/c1-31(26-18-8-6-7-9-20(18)30-32(26)2)28(35)21-16-39-25(29-21)17-12-14-33(15-13-17)27(34)19-10-11-22(36-3)24(38-5)23(19)37-4/h10-11,16-17H,6-9,12-15H2,1-5H3. The second-order valence-corrected chi connectivity index (χ2v) is 10.9. The summed E-state index contributed by atoms with van der Waals surface area (Å²) in [7, 11) is 8.29. The van der Waals surface area contributed by atoms with Crippen LogP contribution in [0.25, 0.3) is 0 Å². The Kier molecular flexibility index (Phi) is 7.79. The van der Waals surface area contributed by atoms with Crippen LogP contribution in [0.3, 0.4) is 0 Å². The van der Waals surface area contributed by atoms with Crippen molar-refractivity contribution in [2.75, 3.05) is 46.4 Å². The van der Waals surface area contributed by atoms with E-state index in [0.717, 1.165) is 55.0 Å². The number of hydrogen-bond donors (Lipinski definition) is 0. The fraction of sp³-hybridized carbons (Fsp3) is 0.500. The number of likely N-dealkylation sites (tertiary alicyclic amines) is 1. The minimum Gasteiger partial charge on any atom is -0.493 e. The average molecular weight is 554 g/mol. The molecule has 5 rings (SSSR count). The molecule has 11 heteroatoms. The largest absolute Gasteiger partial charge is 0.493 e. The lowest BCUT2D eigenvalue weighted by atomic mass is 9.96. The maximum atomic E-state index is 13.4. The highest BCUT2D eigenvalue weighted by atomic mass is 32.1. The zero-order valence-electron chi connectivity index (χ0n) is 23.2. The first-order valence-electron chi connectivity index (χ1n) is 13.2. The quantitative estimate of drug-likeness (QED) is 0.435. The van der Waals surface area contributed by atoms with E-state index < -0.39 is 0 Å². The van der Waals surface area contributed by atoms with Gasteiger partial charge in [-0.15, -0.1) is 11.3 Å². The number of anilines is 1. The predicted octanol–water partition coefficient (Wildman–Crippen LogP) is 4.08. The molecule has 208 valence electrons. The van der Waals surface area contributed by atoms with Gasteiger partial charge < -0.3 is 19.1 Å². The lowest BCUT2D eigenvalue weighted by molar-refractivity contribution is 0.0708. The van der Waals surface area contributed by atoms with Crippen LogP contribution in [0, 0.1) is 0 Å². The van der Waals surface area contributed by atoms with E-state index >= 15 is 0 Å². The summed E-state index contributed by atoms with van der Waals surface area (Å²) in [5, 5.41) is 7.44.